The van der Waals surface area contributed by atoms with Gasteiger partial charge in [-0.25, -0.2) is 9.97 Å². The molecular weight excluding hydrogens is 262 g/mol. The monoisotopic (exact) mass is 285 g/mol. The highest BCUT2D eigenvalue weighted by Gasteiger charge is 2.12. The van der Waals surface area contributed by atoms with E-state index in [2.05, 4.69) is 41.2 Å². The summed E-state index contributed by atoms with van der Waals surface area (Å²) in [5.41, 5.74) is 5.39. The number of hydrogen-bond acceptors (Lipinski definition) is 4. The van der Waals surface area contributed by atoms with Crippen molar-refractivity contribution in [2.75, 3.05) is 26.1 Å². The van der Waals surface area contributed by atoms with Crippen molar-refractivity contribution < 1.29 is 4.74 Å². The second-order valence-electron chi connectivity index (χ2n) is 5.48. The molecule has 2 aromatic rings. The third-order valence-electron chi connectivity index (χ3n) is 3.78. The summed E-state index contributed by atoms with van der Waals surface area (Å²) < 4.78 is 5.34. The summed E-state index contributed by atoms with van der Waals surface area (Å²) in [6.07, 6.45) is 0.101. The highest BCUT2D eigenvalue weighted by atomic mass is 16.5. The number of aromatic nitrogens is 2. The molecule has 1 heterocycles. The lowest BCUT2D eigenvalue weighted by atomic mass is 10.0. The van der Waals surface area contributed by atoms with E-state index in [9.17, 15) is 0 Å². The smallest absolute Gasteiger partial charge is 0.225 e. The average molecular weight is 285 g/mol. The van der Waals surface area contributed by atoms with Crippen LogP contribution in [0, 0.1) is 13.8 Å². The quantitative estimate of drug-likeness (QED) is 0.861. The van der Waals surface area contributed by atoms with Crippen LogP contribution in [-0.4, -0.2) is 31.2 Å². The van der Waals surface area contributed by atoms with Gasteiger partial charge in [-0.1, -0.05) is 24.3 Å². The molecule has 112 valence electrons. The molecule has 21 heavy (non-hydrogen) atoms. The van der Waals surface area contributed by atoms with Crippen LogP contribution < -0.4 is 4.90 Å². The molecule has 1 atom stereocenters. The van der Waals surface area contributed by atoms with Crippen LogP contribution in [0.3, 0.4) is 0 Å². The summed E-state index contributed by atoms with van der Waals surface area (Å²) >= 11 is 0. The normalized spacial score (nSPS) is 12.3. The summed E-state index contributed by atoms with van der Waals surface area (Å²) in [4.78, 5) is 11.1. The van der Waals surface area contributed by atoms with Crippen LogP contribution in [0.1, 0.15) is 29.8 Å². The van der Waals surface area contributed by atoms with Crippen LogP contribution in [0.4, 0.5) is 5.95 Å². The number of benzene rings is 1. The molecule has 0 bridgehead atoms. The highest BCUT2D eigenvalue weighted by Crippen LogP contribution is 2.26. The van der Waals surface area contributed by atoms with Gasteiger partial charge in [-0.2, -0.15) is 0 Å². The first kappa shape index (κ1) is 15.4. The molecule has 0 saturated carbocycles. The first-order valence-corrected chi connectivity index (χ1v) is 7.09. The SMILES string of the molecule is COC(C)c1ccc(-c2nc(N(C)C)nc(C)c2C)cc1. The van der Waals surface area contributed by atoms with Crippen LogP contribution in [0.15, 0.2) is 24.3 Å². The summed E-state index contributed by atoms with van der Waals surface area (Å²) in [7, 11) is 5.63. The van der Waals surface area contributed by atoms with Crippen molar-refractivity contribution >= 4 is 5.95 Å². The van der Waals surface area contributed by atoms with Gasteiger partial charge in [0.15, 0.2) is 0 Å². The molecule has 0 aliphatic heterocycles. The maximum absolute atomic E-state index is 5.34. The van der Waals surface area contributed by atoms with Crippen molar-refractivity contribution in [1.29, 1.82) is 0 Å². The summed E-state index contributed by atoms with van der Waals surface area (Å²) in [6.45, 7) is 6.13. The van der Waals surface area contributed by atoms with Gasteiger partial charge < -0.3 is 9.64 Å². The van der Waals surface area contributed by atoms with Gasteiger partial charge in [0.1, 0.15) is 0 Å². The molecule has 1 unspecified atom stereocenters. The van der Waals surface area contributed by atoms with Crippen LogP contribution in [0.25, 0.3) is 11.3 Å². The number of aryl methyl sites for hydroxylation is 1. The van der Waals surface area contributed by atoms with Gasteiger partial charge >= 0.3 is 0 Å². The minimum atomic E-state index is 0.101. The second kappa shape index (κ2) is 6.22. The van der Waals surface area contributed by atoms with Crippen LogP contribution in [0.5, 0.6) is 0 Å². The highest BCUT2D eigenvalue weighted by molar-refractivity contribution is 5.65. The molecule has 1 aromatic carbocycles. The summed E-state index contributed by atoms with van der Waals surface area (Å²) in [5, 5.41) is 0. The van der Waals surface area contributed by atoms with E-state index in [1.807, 2.05) is 32.8 Å². The number of ether oxygens (including phenoxy) is 1. The topological polar surface area (TPSA) is 38.2 Å². The molecule has 0 radical (unpaired) electrons. The largest absolute Gasteiger partial charge is 0.377 e. The minimum absolute atomic E-state index is 0.101. The number of anilines is 1. The molecule has 0 spiro atoms. The first-order valence-electron chi connectivity index (χ1n) is 7.09. The van der Waals surface area contributed by atoms with Crippen LogP contribution in [0.2, 0.25) is 0 Å². The van der Waals surface area contributed by atoms with E-state index in [4.69, 9.17) is 4.74 Å². The second-order valence-corrected chi connectivity index (χ2v) is 5.48. The average Bonchev–Trinajstić information content (AvgIpc) is 2.49. The molecule has 2 rings (SSSR count). The standard InChI is InChI=1S/C17H23N3O/c1-11-12(2)18-17(20(4)5)19-16(11)15-9-7-14(8-10-15)13(3)21-6/h7-10,13H,1-6H3. The maximum Gasteiger partial charge on any atom is 0.225 e. The van der Waals surface area contributed by atoms with Gasteiger partial charge in [-0.05, 0) is 31.9 Å². The van der Waals surface area contributed by atoms with Gasteiger partial charge in [-0.15, -0.1) is 0 Å². The van der Waals surface area contributed by atoms with E-state index in [1.54, 1.807) is 7.11 Å². The predicted octanol–water partition coefficient (Wildman–Crippen LogP) is 3.53. The van der Waals surface area contributed by atoms with Crippen molar-refractivity contribution in [2.45, 2.75) is 26.9 Å². The van der Waals surface area contributed by atoms with E-state index >= 15 is 0 Å². The van der Waals surface area contributed by atoms with E-state index < -0.39 is 0 Å². The zero-order valence-electron chi connectivity index (χ0n) is 13.6. The van der Waals surface area contributed by atoms with Crippen LogP contribution in [-0.2, 0) is 4.74 Å². The van der Waals surface area contributed by atoms with Crippen molar-refractivity contribution in [3.8, 4) is 11.3 Å². The lowest BCUT2D eigenvalue weighted by molar-refractivity contribution is 0.119. The number of hydrogen-bond donors (Lipinski definition) is 0. The molecule has 0 aliphatic carbocycles. The Bertz CT molecular complexity index is 621. The fourth-order valence-corrected chi connectivity index (χ4v) is 2.14. The van der Waals surface area contributed by atoms with Crippen molar-refractivity contribution in [2.24, 2.45) is 0 Å². The van der Waals surface area contributed by atoms with Crippen LogP contribution >= 0.6 is 0 Å². The van der Waals surface area contributed by atoms with Gasteiger partial charge in [-0.3, -0.25) is 0 Å². The Morgan fingerprint density at radius 2 is 1.67 bits per heavy atom. The van der Waals surface area contributed by atoms with E-state index in [0.29, 0.717) is 0 Å². The molecule has 1 aromatic heterocycles. The molecule has 4 nitrogen and oxygen atoms in total. The number of methoxy groups -OCH3 is 1. The van der Waals surface area contributed by atoms with E-state index in [0.717, 1.165) is 34.0 Å². The Balaban J connectivity index is 2.46. The molecule has 0 amide bonds. The molecule has 0 aliphatic rings. The molecule has 0 fully saturated rings. The molecule has 0 N–H and O–H groups in total. The fraction of sp³-hybridized carbons (Fsp3) is 0.412. The Kier molecular flexibility index (Phi) is 4.58. The van der Waals surface area contributed by atoms with Gasteiger partial charge in [0.25, 0.3) is 0 Å². The zero-order valence-corrected chi connectivity index (χ0v) is 13.6. The Hall–Kier alpha value is -1.94. The fourth-order valence-electron chi connectivity index (χ4n) is 2.14. The third kappa shape index (κ3) is 3.22. The van der Waals surface area contributed by atoms with Gasteiger partial charge in [0, 0.05) is 32.5 Å². The molecular formula is C17H23N3O. The lowest BCUT2D eigenvalue weighted by Gasteiger charge is -2.16. The zero-order chi connectivity index (χ0) is 15.6. The predicted molar refractivity (Wildman–Crippen MR) is 86.7 cm³/mol. The van der Waals surface area contributed by atoms with E-state index in [-0.39, 0.29) is 6.10 Å². The Morgan fingerprint density at radius 3 is 2.19 bits per heavy atom. The number of nitrogens with zero attached hydrogens (tertiary/aromatic N) is 3. The third-order valence-corrected chi connectivity index (χ3v) is 3.78. The summed E-state index contributed by atoms with van der Waals surface area (Å²) in [6, 6.07) is 8.38. The Labute approximate surface area is 126 Å². The lowest BCUT2D eigenvalue weighted by Crippen LogP contribution is -2.14. The van der Waals surface area contributed by atoms with Crippen molar-refractivity contribution in [3.05, 3.63) is 41.1 Å². The Morgan fingerprint density at radius 1 is 1.05 bits per heavy atom. The number of rotatable bonds is 4. The van der Waals surface area contributed by atoms with Crippen molar-refractivity contribution in [1.82, 2.24) is 9.97 Å². The van der Waals surface area contributed by atoms with Crippen molar-refractivity contribution in [3.63, 3.8) is 0 Å². The van der Waals surface area contributed by atoms with Gasteiger partial charge in [0.2, 0.25) is 5.95 Å². The maximum atomic E-state index is 5.34. The first-order chi connectivity index (χ1) is 9.93. The summed E-state index contributed by atoms with van der Waals surface area (Å²) in [5.74, 6) is 0.738. The molecule has 4 heteroatoms. The van der Waals surface area contributed by atoms with E-state index in [1.165, 1.54) is 0 Å². The minimum Gasteiger partial charge on any atom is -0.377 e. The molecule has 0 saturated heterocycles. The van der Waals surface area contributed by atoms with Gasteiger partial charge in [0.05, 0.1) is 11.8 Å².